The molecule has 0 amide bonds. The van der Waals surface area contributed by atoms with E-state index in [0.29, 0.717) is 12.0 Å². The first kappa shape index (κ1) is 15.7. The Morgan fingerprint density at radius 1 is 1.21 bits per heavy atom. The van der Waals surface area contributed by atoms with Gasteiger partial charge in [0.15, 0.2) is 22.6 Å². The molecule has 126 valence electrons. The van der Waals surface area contributed by atoms with Crippen molar-refractivity contribution in [3.63, 3.8) is 0 Å². The Labute approximate surface area is 142 Å². The van der Waals surface area contributed by atoms with Gasteiger partial charge in [0.1, 0.15) is 5.82 Å². The highest BCUT2D eigenvalue weighted by atomic mass is 32.2. The lowest BCUT2D eigenvalue weighted by atomic mass is 10.1. The predicted molar refractivity (Wildman–Crippen MR) is 86.3 cm³/mol. The number of ketones is 1. The quantitative estimate of drug-likeness (QED) is 0.581. The van der Waals surface area contributed by atoms with Gasteiger partial charge in [0.2, 0.25) is 0 Å². The molecule has 0 N–H and O–H groups in total. The lowest BCUT2D eigenvalue weighted by Gasteiger charge is -2.12. The number of benzene rings is 1. The van der Waals surface area contributed by atoms with Crippen molar-refractivity contribution in [2.24, 2.45) is 0 Å². The minimum Gasteiger partial charge on any atom is -0.303 e. The second-order valence-corrected chi connectivity index (χ2v) is 7.78. The standard InChI is InChI=1S/C17H17F2N3OS/c1-9(15(23)11-4-7-13(18)14(19)8-11)24-17-21-20-16(10-2-3-10)22(17)12-5-6-12/h4,7-10,12H,2-3,5-6H2,1H3/t9-/m0/s1. The summed E-state index contributed by atoms with van der Waals surface area (Å²) >= 11 is 1.34. The van der Waals surface area contributed by atoms with Crippen LogP contribution < -0.4 is 0 Å². The highest BCUT2D eigenvalue weighted by molar-refractivity contribution is 8.00. The fourth-order valence-corrected chi connectivity index (χ4v) is 3.76. The van der Waals surface area contributed by atoms with Crippen molar-refractivity contribution in [2.45, 2.75) is 55.0 Å². The Balaban J connectivity index is 1.54. The number of hydrogen-bond donors (Lipinski definition) is 0. The van der Waals surface area contributed by atoms with Crippen molar-refractivity contribution >= 4 is 17.5 Å². The van der Waals surface area contributed by atoms with E-state index in [4.69, 9.17) is 0 Å². The summed E-state index contributed by atoms with van der Waals surface area (Å²) in [6, 6.07) is 3.70. The summed E-state index contributed by atoms with van der Waals surface area (Å²) in [5.74, 6) is -0.654. The Hall–Kier alpha value is -1.76. The van der Waals surface area contributed by atoms with Crippen molar-refractivity contribution in [3.05, 3.63) is 41.2 Å². The third-order valence-corrected chi connectivity index (χ3v) is 5.46. The van der Waals surface area contributed by atoms with E-state index in [-0.39, 0.29) is 11.3 Å². The molecule has 2 fully saturated rings. The molecule has 0 radical (unpaired) electrons. The largest absolute Gasteiger partial charge is 0.303 e. The van der Waals surface area contributed by atoms with Crippen LogP contribution in [0.1, 0.15) is 60.7 Å². The Morgan fingerprint density at radius 3 is 2.58 bits per heavy atom. The second kappa shape index (κ2) is 5.95. The van der Waals surface area contributed by atoms with Gasteiger partial charge in [-0.1, -0.05) is 11.8 Å². The van der Waals surface area contributed by atoms with E-state index >= 15 is 0 Å². The van der Waals surface area contributed by atoms with Crippen LogP contribution in [0.25, 0.3) is 0 Å². The molecule has 7 heteroatoms. The minimum absolute atomic E-state index is 0.175. The van der Waals surface area contributed by atoms with Gasteiger partial charge in [0, 0.05) is 17.5 Å². The van der Waals surface area contributed by atoms with Gasteiger partial charge in [-0.2, -0.15) is 0 Å². The zero-order chi connectivity index (χ0) is 16.8. The van der Waals surface area contributed by atoms with E-state index in [2.05, 4.69) is 14.8 Å². The smallest absolute Gasteiger partial charge is 0.192 e. The summed E-state index contributed by atoms with van der Waals surface area (Å²) in [6.45, 7) is 1.76. The van der Waals surface area contributed by atoms with Crippen LogP contribution in [0.4, 0.5) is 8.78 Å². The molecule has 4 rings (SSSR count). The van der Waals surface area contributed by atoms with Crippen LogP contribution in [0.5, 0.6) is 0 Å². The molecule has 1 heterocycles. The number of hydrogen-bond acceptors (Lipinski definition) is 4. The maximum Gasteiger partial charge on any atom is 0.192 e. The van der Waals surface area contributed by atoms with Gasteiger partial charge in [-0.15, -0.1) is 10.2 Å². The van der Waals surface area contributed by atoms with Crippen molar-refractivity contribution in [1.29, 1.82) is 0 Å². The summed E-state index contributed by atoms with van der Waals surface area (Å²) in [7, 11) is 0. The number of rotatable bonds is 6. The Morgan fingerprint density at radius 2 is 1.96 bits per heavy atom. The van der Waals surface area contributed by atoms with Crippen LogP contribution in [0.15, 0.2) is 23.4 Å². The number of thioether (sulfide) groups is 1. The van der Waals surface area contributed by atoms with E-state index in [1.165, 1.54) is 17.8 Å². The second-order valence-electron chi connectivity index (χ2n) is 6.47. The molecule has 1 atom stereocenters. The van der Waals surface area contributed by atoms with Crippen LogP contribution in [0.3, 0.4) is 0 Å². The maximum absolute atomic E-state index is 13.3. The topological polar surface area (TPSA) is 47.8 Å². The molecule has 4 nitrogen and oxygen atoms in total. The molecule has 0 bridgehead atoms. The van der Waals surface area contributed by atoms with Crippen LogP contribution in [-0.2, 0) is 0 Å². The van der Waals surface area contributed by atoms with Gasteiger partial charge in [-0.25, -0.2) is 8.78 Å². The monoisotopic (exact) mass is 349 g/mol. The van der Waals surface area contributed by atoms with Crippen LogP contribution >= 0.6 is 11.8 Å². The molecule has 0 saturated heterocycles. The highest BCUT2D eigenvalue weighted by Gasteiger charge is 2.37. The average Bonchev–Trinajstić information content (AvgIpc) is 3.48. The molecule has 1 aromatic carbocycles. The van der Waals surface area contributed by atoms with Crippen molar-refractivity contribution in [3.8, 4) is 0 Å². The van der Waals surface area contributed by atoms with Crippen molar-refractivity contribution in [2.75, 3.05) is 0 Å². The van der Waals surface area contributed by atoms with Crippen LogP contribution in [-0.4, -0.2) is 25.8 Å². The highest BCUT2D eigenvalue weighted by Crippen LogP contribution is 2.46. The van der Waals surface area contributed by atoms with Gasteiger partial charge in [0.25, 0.3) is 0 Å². The zero-order valence-electron chi connectivity index (χ0n) is 13.2. The zero-order valence-corrected chi connectivity index (χ0v) is 14.0. The normalized spacial score (nSPS) is 18.6. The Kier molecular flexibility index (Phi) is 3.90. The predicted octanol–water partition coefficient (Wildman–Crippen LogP) is 4.13. The molecular weight excluding hydrogens is 332 g/mol. The maximum atomic E-state index is 13.3. The third kappa shape index (κ3) is 2.97. The summed E-state index contributed by atoms with van der Waals surface area (Å²) in [5, 5.41) is 8.91. The lowest BCUT2D eigenvalue weighted by Crippen LogP contribution is -2.15. The summed E-state index contributed by atoms with van der Waals surface area (Å²) < 4.78 is 28.6. The lowest BCUT2D eigenvalue weighted by molar-refractivity contribution is 0.0993. The fourth-order valence-electron chi connectivity index (χ4n) is 2.76. The first-order valence-electron chi connectivity index (χ1n) is 8.15. The summed E-state index contributed by atoms with van der Waals surface area (Å²) in [4.78, 5) is 12.5. The third-order valence-electron chi connectivity index (χ3n) is 4.40. The number of Topliss-reactive ketones (excluding diaryl/α,β-unsaturated/α-hetero) is 1. The number of aromatic nitrogens is 3. The summed E-state index contributed by atoms with van der Waals surface area (Å²) in [6.07, 6.45) is 4.55. The molecule has 2 saturated carbocycles. The number of halogens is 2. The van der Waals surface area contributed by atoms with Crippen LogP contribution in [0.2, 0.25) is 0 Å². The number of nitrogens with zero attached hydrogens (tertiary/aromatic N) is 3. The van der Waals surface area contributed by atoms with E-state index in [1.807, 2.05) is 0 Å². The molecule has 24 heavy (non-hydrogen) atoms. The molecule has 2 aliphatic carbocycles. The van der Waals surface area contributed by atoms with Gasteiger partial charge >= 0.3 is 0 Å². The molecule has 2 aliphatic rings. The summed E-state index contributed by atoms with van der Waals surface area (Å²) in [5.41, 5.74) is 0.175. The molecule has 2 aromatic rings. The minimum atomic E-state index is -1.00. The van der Waals surface area contributed by atoms with Gasteiger partial charge in [-0.3, -0.25) is 4.79 Å². The van der Waals surface area contributed by atoms with E-state index in [9.17, 15) is 13.6 Å². The average molecular weight is 349 g/mol. The van der Waals surface area contributed by atoms with E-state index < -0.39 is 16.9 Å². The Bertz CT molecular complexity index is 799. The SMILES string of the molecule is C[C@H](Sc1nnc(C2CC2)n1C1CC1)C(=O)c1ccc(F)c(F)c1. The van der Waals surface area contributed by atoms with Gasteiger partial charge in [0.05, 0.1) is 5.25 Å². The van der Waals surface area contributed by atoms with Crippen LogP contribution in [0, 0.1) is 11.6 Å². The molecule has 1 aromatic heterocycles. The fraction of sp³-hybridized carbons (Fsp3) is 0.471. The molecule has 0 spiro atoms. The number of carbonyl (C=O) groups is 1. The molecular formula is C17H17F2N3OS. The number of carbonyl (C=O) groups excluding carboxylic acids is 1. The van der Waals surface area contributed by atoms with Gasteiger partial charge in [-0.05, 0) is 50.8 Å². The first-order chi connectivity index (χ1) is 11.5. The van der Waals surface area contributed by atoms with E-state index in [1.54, 1.807) is 6.92 Å². The van der Waals surface area contributed by atoms with Gasteiger partial charge < -0.3 is 4.57 Å². The van der Waals surface area contributed by atoms with Crippen molar-refractivity contribution < 1.29 is 13.6 Å². The van der Waals surface area contributed by atoms with Crippen molar-refractivity contribution in [1.82, 2.24) is 14.8 Å². The molecule has 0 unspecified atom stereocenters. The van der Waals surface area contributed by atoms with E-state index in [0.717, 1.165) is 48.8 Å². The molecule has 0 aliphatic heterocycles. The first-order valence-corrected chi connectivity index (χ1v) is 9.03.